The van der Waals surface area contributed by atoms with Crippen molar-refractivity contribution in [2.45, 2.75) is 27.3 Å². The molecule has 0 fully saturated rings. The number of nitrogens with zero attached hydrogens (tertiary/aromatic N) is 4. The van der Waals surface area contributed by atoms with E-state index in [4.69, 9.17) is 0 Å². The van der Waals surface area contributed by atoms with Crippen LogP contribution in [0.2, 0.25) is 0 Å². The van der Waals surface area contributed by atoms with Crippen molar-refractivity contribution >= 4 is 11.6 Å². The van der Waals surface area contributed by atoms with Gasteiger partial charge in [0.2, 0.25) is 0 Å². The van der Waals surface area contributed by atoms with Gasteiger partial charge in [-0.1, -0.05) is 13.8 Å². The Kier molecular flexibility index (Phi) is 4.60. The van der Waals surface area contributed by atoms with Crippen LogP contribution in [0.3, 0.4) is 0 Å². The van der Waals surface area contributed by atoms with Gasteiger partial charge in [0.1, 0.15) is 12.1 Å². The molecule has 0 saturated heterocycles. The van der Waals surface area contributed by atoms with Crippen LogP contribution in [0.1, 0.15) is 29.9 Å². The second-order valence-corrected chi connectivity index (χ2v) is 6.20. The number of hydrogen-bond acceptors (Lipinski definition) is 4. The fourth-order valence-corrected chi connectivity index (χ4v) is 2.52. The maximum atomic E-state index is 14.0. The van der Waals surface area contributed by atoms with E-state index in [1.54, 1.807) is 6.20 Å². The van der Waals surface area contributed by atoms with Gasteiger partial charge in [-0.05, 0) is 31.0 Å². The van der Waals surface area contributed by atoms with Crippen molar-refractivity contribution < 1.29 is 9.18 Å². The molecule has 0 aliphatic heterocycles. The van der Waals surface area contributed by atoms with Crippen LogP contribution in [0.5, 0.6) is 0 Å². The summed E-state index contributed by atoms with van der Waals surface area (Å²) in [6.45, 7) is 6.77. The van der Waals surface area contributed by atoms with E-state index in [1.165, 1.54) is 24.5 Å². The van der Waals surface area contributed by atoms with E-state index in [0.29, 0.717) is 23.0 Å². The summed E-state index contributed by atoms with van der Waals surface area (Å²) in [7, 11) is 0. The smallest absolute Gasteiger partial charge is 0.259 e. The maximum absolute atomic E-state index is 14.0. The highest BCUT2D eigenvalue weighted by Crippen LogP contribution is 2.23. The van der Waals surface area contributed by atoms with Crippen LogP contribution in [0, 0.1) is 18.7 Å². The van der Waals surface area contributed by atoms with Crippen LogP contribution < -0.4 is 5.32 Å². The minimum absolute atomic E-state index is 0.238. The first kappa shape index (κ1) is 16.8. The topological polar surface area (TPSA) is 88.5 Å². The van der Waals surface area contributed by atoms with E-state index in [1.807, 2.05) is 11.6 Å². The van der Waals surface area contributed by atoms with Gasteiger partial charge in [-0.3, -0.25) is 14.6 Å². The first-order valence-corrected chi connectivity index (χ1v) is 7.94. The average molecular weight is 342 g/mol. The highest BCUT2D eigenvalue weighted by atomic mass is 19.1. The minimum Gasteiger partial charge on any atom is -0.322 e. The maximum Gasteiger partial charge on any atom is 0.259 e. The number of aromatic amines is 1. The lowest BCUT2D eigenvalue weighted by Gasteiger charge is -2.09. The lowest BCUT2D eigenvalue weighted by atomic mass is 10.1. The highest BCUT2D eigenvalue weighted by molar-refractivity contribution is 6.05. The van der Waals surface area contributed by atoms with Gasteiger partial charge in [0, 0.05) is 17.9 Å². The largest absolute Gasteiger partial charge is 0.322 e. The van der Waals surface area contributed by atoms with E-state index in [0.717, 1.165) is 12.2 Å². The molecule has 1 amide bonds. The summed E-state index contributed by atoms with van der Waals surface area (Å²) in [5.74, 6) is -0.0103. The van der Waals surface area contributed by atoms with Gasteiger partial charge in [0.25, 0.3) is 5.91 Å². The SMILES string of the molecule is Cc1c(C(=O)Nc2ccc(F)c(-c3ncn[nH]3)c2)cnn1CC(C)C. The number of hydrogen-bond donors (Lipinski definition) is 2. The lowest BCUT2D eigenvalue weighted by Crippen LogP contribution is -2.14. The van der Waals surface area contributed by atoms with Crippen molar-refractivity contribution in [3.8, 4) is 11.4 Å². The van der Waals surface area contributed by atoms with Gasteiger partial charge in [0.05, 0.1) is 17.3 Å². The second-order valence-electron chi connectivity index (χ2n) is 6.20. The van der Waals surface area contributed by atoms with Gasteiger partial charge >= 0.3 is 0 Å². The van der Waals surface area contributed by atoms with Crippen LogP contribution in [0.15, 0.2) is 30.7 Å². The molecule has 0 aliphatic carbocycles. The van der Waals surface area contributed by atoms with E-state index in [2.05, 4.69) is 39.4 Å². The minimum atomic E-state index is -0.448. The third-order valence-electron chi connectivity index (χ3n) is 3.78. The number of benzene rings is 1. The molecule has 0 radical (unpaired) electrons. The molecule has 0 saturated carbocycles. The van der Waals surface area contributed by atoms with E-state index >= 15 is 0 Å². The zero-order chi connectivity index (χ0) is 18.0. The first-order valence-electron chi connectivity index (χ1n) is 7.94. The number of anilines is 1. The Hall–Kier alpha value is -3.03. The number of amides is 1. The monoisotopic (exact) mass is 342 g/mol. The number of nitrogens with one attached hydrogen (secondary N) is 2. The fourth-order valence-electron chi connectivity index (χ4n) is 2.52. The van der Waals surface area contributed by atoms with Crippen molar-refractivity contribution in [1.29, 1.82) is 0 Å². The molecule has 2 aromatic heterocycles. The molecule has 0 unspecified atom stereocenters. The Balaban J connectivity index is 1.82. The normalized spacial score (nSPS) is 11.1. The average Bonchev–Trinajstić information content (AvgIpc) is 3.20. The second kappa shape index (κ2) is 6.84. The van der Waals surface area contributed by atoms with Crippen LogP contribution >= 0.6 is 0 Å². The molecule has 1 aromatic carbocycles. The molecule has 2 N–H and O–H groups in total. The fraction of sp³-hybridized carbons (Fsp3) is 0.294. The number of halogens is 1. The molecule has 8 heteroatoms. The molecule has 0 atom stereocenters. The standard InChI is InChI=1S/C17H19FN6O/c1-10(2)8-24-11(3)14(7-21-24)17(25)22-12-4-5-15(18)13(6-12)16-19-9-20-23-16/h4-7,9-10H,8H2,1-3H3,(H,22,25)(H,19,20,23). The number of rotatable bonds is 5. The van der Waals surface area contributed by atoms with Crippen LogP contribution in [-0.4, -0.2) is 30.9 Å². The Morgan fingerprint density at radius 1 is 1.40 bits per heavy atom. The Bertz CT molecular complexity index is 885. The summed E-state index contributed by atoms with van der Waals surface area (Å²) >= 11 is 0. The Morgan fingerprint density at radius 3 is 2.88 bits per heavy atom. The van der Waals surface area contributed by atoms with E-state index in [9.17, 15) is 9.18 Å². The van der Waals surface area contributed by atoms with Gasteiger partial charge in [-0.2, -0.15) is 10.2 Å². The third-order valence-corrected chi connectivity index (χ3v) is 3.78. The number of H-pyrrole nitrogens is 1. The summed E-state index contributed by atoms with van der Waals surface area (Å²) in [5.41, 5.74) is 1.99. The number of carbonyl (C=O) groups is 1. The van der Waals surface area contributed by atoms with Crippen molar-refractivity contribution in [1.82, 2.24) is 25.0 Å². The molecule has 2 heterocycles. The summed E-state index contributed by atoms with van der Waals surface area (Å²) < 4.78 is 15.8. The zero-order valence-electron chi connectivity index (χ0n) is 14.2. The van der Waals surface area contributed by atoms with Gasteiger partial charge in [0.15, 0.2) is 5.82 Å². The van der Waals surface area contributed by atoms with Crippen molar-refractivity contribution in [2.24, 2.45) is 5.92 Å². The van der Waals surface area contributed by atoms with E-state index in [-0.39, 0.29) is 11.5 Å². The predicted octanol–water partition coefficient (Wildman–Crippen LogP) is 3.02. The van der Waals surface area contributed by atoms with Crippen molar-refractivity contribution in [3.63, 3.8) is 0 Å². The molecule has 25 heavy (non-hydrogen) atoms. The molecule has 0 spiro atoms. The molecule has 0 bridgehead atoms. The van der Waals surface area contributed by atoms with Gasteiger partial charge in [-0.25, -0.2) is 9.37 Å². The summed E-state index contributed by atoms with van der Waals surface area (Å²) in [6.07, 6.45) is 2.85. The van der Waals surface area contributed by atoms with Crippen LogP contribution in [0.4, 0.5) is 10.1 Å². The van der Waals surface area contributed by atoms with Gasteiger partial charge in [-0.15, -0.1) is 0 Å². The molecule has 7 nitrogen and oxygen atoms in total. The molecule has 3 aromatic rings. The van der Waals surface area contributed by atoms with Crippen molar-refractivity contribution in [3.05, 3.63) is 47.8 Å². The van der Waals surface area contributed by atoms with Gasteiger partial charge < -0.3 is 5.32 Å². The molecule has 0 aliphatic rings. The zero-order valence-corrected chi connectivity index (χ0v) is 14.2. The van der Waals surface area contributed by atoms with Crippen LogP contribution in [-0.2, 0) is 6.54 Å². The van der Waals surface area contributed by atoms with E-state index < -0.39 is 5.82 Å². The molecule has 3 rings (SSSR count). The quantitative estimate of drug-likeness (QED) is 0.746. The number of carbonyl (C=O) groups excluding carboxylic acids is 1. The highest BCUT2D eigenvalue weighted by Gasteiger charge is 2.16. The molecule has 130 valence electrons. The molecular formula is C17H19FN6O. The number of aromatic nitrogens is 5. The Morgan fingerprint density at radius 2 is 2.20 bits per heavy atom. The summed E-state index contributed by atoms with van der Waals surface area (Å²) in [6, 6.07) is 4.30. The molecular weight excluding hydrogens is 323 g/mol. The third kappa shape index (κ3) is 3.57. The Labute approximate surface area is 144 Å². The van der Waals surface area contributed by atoms with Crippen molar-refractivity contribution in [2.75, 3.05) is 5.32 Å². The first-order chi connectivity index (χ1) is 12.0. The van der Waals surface area contributed by atoms with Crippen LogP contribution in [0.25, 0.3) is 11.4 Å². The predicted molar refractivity (Wildman–Crippen MR) is 91.5 cm³/mol. The summed E-state index contributed by atoms with van der Waals surface area (Å²) in [5, 5.41) is 13.4. The summed E-state index contributed by atoms with van der Waals surface area (Å²) in [4.78, 5) is 16.5. The lowest BCUT2D eigenvalue weighted by molar-refractivity contribution is 0.102.